The summed E-state index contributed by atoms with van der Waals surface area (Å²) in [5.41, 5.74) is 3.63. The molecule has 182 valence electrons. The molecule has 0 saturated carbocycles. The van der Waals surface area contributed by atoms with Gasteiger partial charge in [0.1, 0.15) is 5.75 Å². The SMILES string of the molecule is COc1ccc(CNC(=O)Nc2ccc(CC(=O)N3CCN(Cc4ccccn4)CC3)cc2)cc1. The lowest BCUT2D eigenvalue weighted by Gasteiger charge is -2.34. The van der Waals surface area contributed by atoms with Crippen LogP contribution in [0.4, 0.5) is 10.5 Å². The van der Waals surface area contributed by atoms with Gasteiger partial charge >= 0.3 is 6.03 Å². The number of rotatable bonds is 8. The Kier molecular flexibility index (Phi) is 8.30. The standard InChI is InChI=1S/C27H31N5O3/c1-35-25-11-7-22(8-12-25)19-29-27(34)30-23-9-5-21(6-10-23)18-26(33)32-16-14-31(15-17-32)20-24-4-2-3-13-28-24/h2-13H,14-20H2,1H3,(H2,29,30,34). The maximum Gasteiger partial charge on any atom is 0.319 e. The molecule has 0 radical (unpaired) electrons. The fourth-order valence-corrected chi connectivity index (χ4v) is 3.97. The molecule has 2 heterocycles. The molecule has 1 aliphatic heterocycles. The van der Waals surface area contributed by atoms with Gasteiger partial charge < -0.3 is 20.3 Å². The van der Waals surface area contributed by atoms with Gasteiger partial charge in [0, 0.05) is 51.2 Å². The van der Waals surface area contributed by atoms with E-state index in [1.165, 1.54) is 0 Å². The van der Waals surface area contributed by atoms with E-state index in [0.717, 1.165) is 55.3 Å². The van der Waals surface area contributed by atoms with Crippen molar-refractivity contribution in [3.8, 4) is 5.75 Å². The first kappa shape index (κ1) is 24.2. The van der Waals surface area contributed by atoms with Crippen molar-refractivity contribution in [1.82, 2.24) is 20.1 Å². The first-order chi connectivity index (χ1) is 17.1. The zero-order valence-electron chi connectivity index (χ0n) is 19.9. The molecule has 0 spiro atoms. The predicted molar refractivity (Wildman–Crippen MR) is 135 cm³/mol. The number of methoxy groups -OCH3 is 1. The number of pyridine rings is 1. The largest absolute Gasteiger partial charge is 0.497 e. The van der Waals surface area contributed by atoms with Gasteiger partial charge in [-0.15, -0.1) is 0 Å². The summed E-state index contributed by atoms with van der Waals surface area (Å²) in [6, 6.07) is 20.6. The number of nitrogens with zero attached hydrogens (tertiary/aromatic N) is 3. The topological polar surface area (TPSA) is 86.8 Å². The Hall–Kier alpha value is -3.91. The number of hydrogen-bond acceptors (Lipinski definition) is 5. The van der Waals surface area contributed by atoms with Crippen LogP contribution in [-0.2, 0) is 24.3 Å². The van der Waals surface area contributed by atoms with Crippen molar-refractivity contribution in [1.29, 1.82) is 0 Å². The van der Waals surface area contributed by atoms with Crippen molar-refractivity contribution in [2.24, 2.45) is 0 Å². The van der Waals surface area contributed by atoms with E-state index in [-0.39, 0.29) is 11.9 Å². The van der Waals surface area contributed by atoms with Crippen molar-refractivity contribution >= 4 is 17.6 Å². The summed E-state index contributed by atoms with van der Waals surface area (Å²) in [7, 11) is 1.62. The molecule has 1 aliphatic rings. The minimum Gasteiger partial charge on any atom is -0.497 e. The fraction of sp³-hybridized carbons (Fsp3) is 0.296. The third-order valence-electron chi connectivity index (χ3n) is 6.02. The van der Waals surface area contributed by atoms with Crippen LogP contribution in [-0.4, -0.2) is 60.0 Å². The highest BCUT2D eigenvalue weighted by Gasteiger charge is 2.21. The Morgan fingerprint density at radius 2 is 1.63 bits per heavy atom. The molecule has 3 amide bonds. The second kappa shape index (κ2) is 12.0. The van der Waals surface area contributed by atoms with Gasteiger partial charge in [0.2, 0.25) is 5.91 Å². The van der Waals surface area contributed by atoms with E-state index >= 15 is 0 Å². The summed E-state index contributed by atoms with van der Waals surface area (Å²) in [5, 5.41) is 5.66. The second-order valence-corrected chi connectivity index (χ2v) is 8.51. The molecule has 0 aliphatic carbocycles. The number of benzene rings is 2. The number of aromatic nitrogens is 1. The van der Waals surface area contributed by atoms with Gasteiger partial charge in [-0.25, -0.2) is 4.79 Å². The minimum atomic E-state index is -0.284. The van der Waals surface area contributed by atoms with Gasteiger partial charge in [-0.3, -0.25) is 14.7 Å². The number of piperazine rings is 1. The van der Waals surface area contributed by atoms with E-state index in [9.17, 15) is 9.59 Å². The number of amides is 3. The van der Waals surface area contributed by atoms with Crippen LogP contribution in [0.1, 0.15) is 16.8 Å². The Labute approximate surface area is 205 Å². The third-order valence-corrected chi connectivity index (χ3v) is 6.02. The van der Waals surface area contributed by atoms with Gasteiger partial charge in [-0.1, -0.05) is 30.3 Å². The molecule has 2 aromatic carbocycles. The summed E-state index contributed by atoms with van der Waals surface area (Å²) in [4.78, 5) is 33.6. The van der Waals surface area contributed by atoms with Crippen LogP contribution in [0.3, 0.4) is 0 Å². The Morgan fingerprint density at radius 3 is 2.29 bits per heavy atom. The quantitative estimate of drug-likeness (QED) is 0.524. The highest BCUT2D eigenvalue weighted by Crippen LogP contribution is 2.14. The van der Waals surface area contributed by atoms with E-state index in [1.807, 2.05) is 77.8 Å². The molecule has 3 aromatic rings. The summed E-state index contributed by atoms with van der Waals surface area (Å²) in [6.07, 6.45) is 2.16. The second-order valence-electron chi connectivity index (χ2n) is 8.51. The zero-order chi connectivity index (χ0) is 24.5. The van der Waals surface area contributed by atoms with E-state index < -0.39 is 0 Å². The molecule has 0 unspecified atom stereocenters. The first-order valence-electron chi connectivity index (χ1n) is 11.8. The fourth-order valence-electron chi connectivity index (χ4n) is 3.97. The van der Waals surface area contributed by atoms with Crippen LogP contribution in [0.15, 0.2) is 72.9 Å². The predicted octanol–water partition coefficient (Wildman–Crippen LogP) is 3.30. The minimum absolute atomic E-state index is 0.125. The van der Waals surface area contributed by atoms with Crippen molar-refractivity contribution in [2.75, 3.05) is 38.6 Å². The number of ether oxygens (including phenoxy) is 1. The number of hydrogen-bond donors (Lipinski definition) is 2. The lowest BCUT2D eigenvalue weighted by molar-refractivity contribution is -0.132. The van der Waals surface area contributed by atoms with Gasteiger partial charge in [0.25, 0.3) is 0 Å². The molecule has 35 heavy (non-hydrogen) atoms. The number of carbonyl (C=O) groups excluding carboxylic acids is 2. The molecule has 0 bridgehead atoms. The van der Waals surface area contributed by atoms with Crippen LogP contribution in [0, 0.1) is 0 Å². The van der Waals surface area contributed by atoms with E-state index in [0.29, 0.717) is 18.7 Å². The molecule has 8 nitrogen and oxygen atoms in total. The Balaban J connectivity index is 1.18. The van der Waals surface area contributed by atoms with E-state index in [4.69, 9.17) is 4.74 Å². The zero-order valence-corrected chi connectivity index (χ0v) is 19.9. The monoisotopic (exact) mass is 473 g/mol. The lowest BCUT2D eigenvalue weighted by atomic mass is 10.1. The van der Waals surface area contributed by atoms with Crippen molar-refractivity contribution in [3.63, 3.8) is 0 Å². The summed E-state index contributed by atoms with van der Waals surface area (Å²) < 4.78 is 5.14. The van der Waals surface area contributed by atoms with E-state index in [2.05, 4.69) is 20.5 Å². The summed E-state index contributed by atoms with van der Waals surface area (Å²) in [6.45, 7) is 4.36. The van der Waals surface area contributed by atoms with Crippen molar-refractivity contribution in [3.05, 3.63) is 89.7 Å². The average Bonchev–Trinajstić information content (AvgIpc) is 2.90. The molecule has 8 heteroatoms. The number of anilines is 1. The molecule has 1 aromatic heterocycles. The molecular weight excluding hydrogens is 442 g/mol. The average molecular weight is 474 g/mol. The normalized spacial score (nSPS) is 13.8. The molecular formula is C27H31N5O3. The number of carbonyl (C=O) groups is 2. The van der Waals surface area contributed by atoms with Crippen LogP contribution in [0.5, 0.6) is 5.75 Å². The highest BCUT2D eigenvalue weighted by molar-refractivity contribution is 5.89. The van der Waals surface area contributed by atoms with Crippen LogP contribution < -0.4 is 15.4 Å². The number of nitrogens with one attached hydrogen (secondary N) is 2. The van der Waals surface area contributed by atoms with Gasteiger partial charge in [0.05, 0.1) is 19.2 Å². The van der Waals surface area contributed by atoms with Gasteiger partial charge in [-0.05, 0) is 47.5 Å². The lowest BCUT2D eigenvalue weighted by Crippen LogP contribution is -2.48. The molecule has 1 fully saturated rings. The summed E-state index contributed by atoms with van der Waals surface area (Å²) in [5.74, 6) is 0.903. The molecule has 1 saturated heterocycles. The van der Waals surface area contributed by atoms with Gasteiger partial charge in [0.15, 0.2) is 0 Å². The van der Waals surface area contributed by atoms with Crippen molar-refractivity contribution in [2.45, 2.75) is 19.5 Å². The smallest absolute Gasteiger partial charge is 0.319 e. The van der Waals surface area contributed by atoms with Crippen LogP contribution in [0.2, 0.25) is 0 Å². The maximum absolute atomic E-state index is 12.8. The van der Waals surface area contributed by atoms with Crippen LogP contribution >= 0.6 is 0 Å². The number of urea groups is 1. The van der Waals surface area contributed by atoms with Gasteiger partial charge in [-0.2, -0.15) is 0 Å². The Bertz CT molecular complexity index is 1100. The first-order valence-corrected chi connectivity index (χ1v) is 11.8. The van der Waals surface area contributed by atoms with E-state index in [1.54, 1.807) is 7.11 Å². The molecule has 0 atom stereocenters. The highest BCUT2D eigenvalue weighted by atomic mass is 16.5. The Morgan fingerprint density at radius 1 is 0.914 bits per heavy atom. The molecule has 2 N–H and O–H groups in total. The molecule has 4 rings (SSSR count). The maximum atomic E-state index is 12.8. The van der Waals surface area contributed by atoms with Crippen molar-refractivity contribution < 1.29 is 14.3 Å². The van der Waals surface area contributed by atoms with Crippen LogP contribution in [0.25, 0.3) is 0 Å². The third kappa shape index (κ3) is 7.28. The summed E-state index contributed by atoms with van der Waals surface area (Å²) >= 11 is 0.